The molecule has 0 atom stereocenters. The third-order valence-corrected chi connectivity index (χ3v) is 15.5. The van der Waals surface area contributed by atoms with Crippen molar-refractivity contribution in [3.63, 3.8) is 0 Å². The van der Waals surface area contributed by atoms with Crippen molar-refractivity contribution >= 4 is 0 Å². The largest absolute Gasteiger partial charge is 0.0654 e. The van der Waals surface area contributed by atoms with Crippen molar-refractivity contribution in [2.45, 2.75) is 463 Å². The quantitative estimate of drug-likeness (QED) is 0.0533. The van der Waals surface area contributed by atoms with E-state index in [1.807, 2.05) is 0 Å². The molecule has 0 rings (SSSR count). The maximum absolute atomic E-state index is 2.34. The maximum Gasteiger partial charge on any atom is -0.0391 e. The Morgan fingerprint density at radius 1 is 0.150 bits per heavy atom. The van der Waals surface area contributed by atoms with Gasteiger partial charge in [-0.05, 0) is 59.2 Å². The summed E-state index contributed by atoms with van der Waals surface area (Å²) in [5.41, 5.74) is 0. The number of hydrogen-bond donors (Lipinski definition) is 0. The fourth-order valence-electron chi connectivity index (χ4n) is 9.23. The molecule has 496 valence electrons. The number of hydrogen-bond acceptors (Lipinski definition) is 0. The normalized spacial score (nSPS) is 10.9. The zero-order chi connectivity index (χ0) is 62.9. The molecule has 0 aliphatic carbocycles. The minimum Gasteiger partial charge on any atom is -0.0654 e. The Bertz CT molecular complexity index is 886. The highest BCUT2D eigenvalue weighted by atomic mass is 14.2. The molecule has 0 N–H and O–H groups in total. The molecule has 0 aromatic rings. The summed E-state index contributed by atoms with van der Waals surface area (Å²) in [6, 6.07) is 0. The first-order valence-electron chi connectivity index (χ1n) is 37.9. The van der Waals surface area contributed by atoms with Gasteiger partial charge in [-0.1, -0.05) is 463 Å². The average Bonchev–Trinajstić information content (AvgIpc) is 3.37. The first-order valence-corrected chi connectivity index (χ1v) is 37.9. The van der Waals surface area contributed by atoms with Gasteiger partial charge >= 0.3 is 0 Å². The number of unbranched alkanes of at least 4 members (excludes halogenated alkanes) is 30. The van der Waals surface area contributed by atoms with Crippen molar-refractivity contribution in [1.82, 2.24) is 0 Å². The zero-order valence-corrected chi connectivity index (χ0v) is 62.9. The van der Waals surface area contributed by atoms with E-state index in [4.69, 9.17) is 0 Å². The van der Waals surface area contributed by atoms with Crippen LogP contribution in [0.4, 0.5) is 0 Å². The predicted octanol–water partition coefficient (Wildman–Crippen LogP) is 31.7. The Balaban J connectivity index is -0.000000128. The van der Waals surface area contributed by atoms with Gasteiger partial charge in [-0.25, -0.2) is 0 Å². The second-order valence-electron chi connectivity index (χ2n) is 29.3. The Morgan fingerprint density at radius 3 is 0.425 bits per heavy atom. The molecule has 0 radical (unpaired) electrons. The van der Waals surface area contributed by atoms with Crippen molar-refractivity contribution in [2.24, 2.45) is 59.2 Å². The second kappa shape index (κ2) is 87.8. The monoisotopic (exact) mass is 1140 g/mol. The summed E-state index contributed by atoms with van der Waals surface area (Å²) in [5, 5.41) is 0. The zero-order valence-electron chi connectivity index (χ0n) is 62.9. The smallest absolute Gasteiger partial charge is 0.0391 e. The minimum absolute atomic E-state index is 0.833. The highest BCUT2D eigenvalue weighted by Crippen LogP contribution is 2.22. The van der Waals surface area contributed by atoms with Gasteiger partial charge in [0.15, 0.2) is 0 Å². The lowest BCUT2D eigenvalue weighted by Crippen LogP contribution is -2.07. The van der Waals surface area contributed by atoms with E-state index in [2.05, 4.69) is 180 Å². The molecular formula is C80H176. The van der Waals surface area contributed by atoms with Crippen LogP contribution in [0.25, 0.3) is 0 Å². The van der Waals surface area contributed by atoms with E-state index in [-0.39, 0.29) is 0 Å². The molecule has 0 amide bonds. The molecule has 0 saturated heterocycles. The number of rotatable bonds is 46. The van der Waals surface area contributed by atoms with Crippen LogP contribution in [0.1, 0.15) is 463 Å². The molecule has 0 unspecified atom stereocenters. The average molecular weight is 1140 g/mol. The molecule has 80 heavy (non-hydrogen) atoms. The Labute approximate surface area is 519 Å². The van der Waals surface area contributed by atoms with Crippen molar-refractivity contribution in [2.75, 3.05) is 0 Å². The fraction of sp³-hybridized carbons (Fsp3) is 1.00. The van der Waals surface area contributed by atoms with Crippen LogP contribution >= 0.6 is 0 Å². The highest BCUT2D eigenvalue weighted by Gasteiger charge is 2.10. The van der Waals surface area contributed by atoms with E-state index in [1.165, 1.54) is 283 Å². The van der Waals surface area contributed by atoms with Crippen LogP contribution < -0.4 is 0 Å². The molecule has 0 heteroatoms. The van der Waals surface area contributed by atoms with Crippen LogP contribution in [-0.2, 0) is 0 Å². The summed E-state index contributed by atoms with van der Waals surface area (Å²) in [4.78, 5) is 0. The van der Waals surface area contributed by atoms with Crippen LogP contribution in [-0.4, -0.2) is 0 Å². The minimum atomic E-state index is 0.833. The maximum atomic E-state index is 2.34. The second-order valence-corrected chi connectivity index (χ2v) is 29.3. The van der Waals surface area contributed by atoms with Gasteiger partial charge in [-0.2, -0.15) is 0 Å². The molecule has 0 fully saturated rings. The Morgan fingerprint density at radius 2 is 0.300 bits per heavy atom. The summed E-state index contributed by atoms with van der Waals surface area (Å²) < 4.78 is 0. The van der Waals surface area contributed by atoms with E-state index in [9.17, 15) is 0 Å². The summed E-state index contributed by atoms with van der Waals surface area (Å²) in [6.07, 6.45) is 63.3. The molecule has 0 bridgehead atoms. The third kappa shape index (κ3) is 133. The van der Waals surface area contributed by atoms with Gasteiger partial charge in [0.1, 0.15) is 0 Å². The lowest BCUT2D eigenvalue weighted by Gasteiger charge is -2.18. The Kier molecular flexibility index (Phi) is 106. The van der Waals surface area contributed by atoms with Crippen molar-refractivity contribution in [3.8, 4) is 0 Å². The van der Waals surface area contributed by atoms with Gasteiger partial charge in [-0.3, -0.25) is 0 Å². The van der Waals surface area contributed by atoms with E-state index in [0.29, 0.717) is 0 Å². The molecular weight excluding hydrogens is 961 g/mol. The highest BCUT2D eigenvalue weighted by molar-refractivity contribution is 4.61. The lowest BCUT2D eigenvalue weighted by molar-refractivity contribution is 0.331. The molecule has 0 heterocycles. The fourth-order valence-corrected chi connectivity index (χ4v) is 9.23. The van der Waals surface area contributed by atoms with Crippen LogP contribution in [0.15, 0.2) is 0 Å². The third-order valence-electron chi connectivity index (χ3n) is 15.5. The van der Waals surface area contributed by atoms with E-state index >= 15 is 0 Å². The lowest BCUT2D eigenvalue weighted by atomic mass is 9.88. The molecule has 0 saturated carbocycles. The van der Waals surface area contributed by atoms with Crippen LogP contribution in [0.3, 0.4) is 0 Å². The summed E-state index contributed by atoms with van der Waals surface area (Å²) in [7, 11) is 0. The molecule has 0 aliphatic heterocycles. The molecule has 0 aliphatic rings. The first kappa shape index (κ1) is 96.3. The van der Waals surface area contributed by atoms with E-state index < -0.39 is 0 Å². The standard InChI is InChI=1S/C18H38.C16H34.C12H26.C10H22.C8H18.2C6H14.C4H10/c1-4-5-6-7-8-9-10-11-12-13-14-15-16-17-18(2)3;1-4-5-6-7-8-9-10-11-12-13-14-15-16(2)3;1-4-5-6-7-8-9-10-11-12(2)3;1-5-7-10(8-6-2)9(3)4;1-4-5-6-7-8(2)3;1-5(2)6(3)4;1-4-5-6(2)3;1-4(2)3/h18H,4-17H2,1-3H3;16H,4-15H2,1-3H3;12H,4-11H2,1-3H3;9-10H,5-8H2,1-4H3;8H,4-7H2,1-3H3;5-6H,1-4H3;6H,4-5H2,1-3H3;4H,1-3H3. The van der Waals surface area contributed by atoms with Gasteiger partial charge in [0.25, 0.3) is 0 Å². The van der Waals surface area contributed by atoms with E-state index in [0.717, 1.165) is 59.2 Å². The first-order chi connectivity index (χ1) is 37.9. The van der Waals surface area contributed by atoms with Gasteiger partial charge in [0, 0.05) is 0 Å². The SMILES string of the molecule is CC(C)C.CC(C)C(C)C.CCCC(C)C.CCCC(CCC)C(C)C.CCCCCC(C)C.CCCCCCCCCC(C)C.CCCCCCCCCCCCCC(C)C.CCCCCCCCCCCCCCCC(C)C. The van der Waals surface area contributed by atoms with Gasteiger partial charge < -0.3 is 0 Å². The molecule has 0 spiro atoms. The van der Waals surface area contributed by atoms with Crippen molar-refractivity contribution in [3.05, 3.63) is 0 Å². The summed E-state index contributed by atoms with van der Waals surface area (Å²) in [6.45, 7) is 59.1. The van der Waals surface area contributed by atoms with Crippen molar-refractivity contribution < 1.29 is 0 Å². The topological polar surface area (TPSA) is 0 Å². The van der Waals surface area contributed by atoms with Crippen molar-refractivity contribution in [1.29, 1.82) is 0 Å². The van der Waals surface area contributed by atoms with Gasteiger partial charge in [0.05, 0.1) is 0 Å². The summed E-state index contributed by atoms with van der Waals surface area (Å²) in [5.74, 6) is 8.92. The molecule has 0 nitrogen and oxygen atoms in total. The molecule has 0 aromatic carbocycles. The molecule has 0 aromatic heterocycles. The van der Waals surface area contributed by atoms with Gasteiger partial charge in [-0.15, -0.1) is 0 Å². The van der Waals surface area contributed by atoms with Crippen LogP contribution in [0, 0.1) is 59.2 Å². The van der Waals surface area contributed by atoms with Crippen LogP contribution in [0.2, 0.25) is 0 Å². The summed E-state index contributed by atoms with van der Waals surface area (Å²) >= 11 is 0. The van der Waals surface area contributed by atoms with E-state index in [1.54, 1.807) is 0 Å². The van der Waals surface area contributed by atoms with Crippen LogP contribution in [0.5, 0.6) is 0 Å². The Hall–Kier alpha value is 0. The van der Waals surface area contributed by atoms with Gasteiger partial charge in [0.2, 0.25) is 0 Å². The predicted molar refractivity (Wildman–Crippen MR) is 386 cm³/mol.